The zero-order valence-electron chi connectivity index (χ0n) is 27.8. The number of fused-ring (bicyclic) bond motifs is 3. The van der Waals surface area contributed by atoms with E-state index in [1.54, 1.807) is 41.7 Å². The molecule has 3 aliphatic rings. The van der Waals surface area contributed by atoms with Crippen LogP contribution in [0.15, 0.2) is 67.1 Å². The van der Waals surface area contributed by atoms with Crippen LogP contribution in [0, 0.1) is 11.7 Å². The standard InChI is InChI=1S/C38H37ClFN8O2/c1-46(22-25-13-20-47(23-25)31(49)12-11-30-41-16-6-17-42-30)36-28-21-43-34(27-9-2-7-26-8-3-10-29(39)32(26)27)33(40)35(28)44-37(45-36)50-24-38-14-4-18-48(38)19-5-15-38/h2-3,6-12,16-17,21-22,25H,4-5,13-15,18-20,23-24H2,1H3/q+1/b12-11+,46-22-. The van der Waals surface area contributed by atoms with Crippen molar-refractivity contribution in [1.82, 2.24) is 34.7 Å². The minimum Gasteiger partial charge on any atom is -0.443 e. The molecule has 1 unspecified atom stereocenters. The number of amides is 1. The number of benzene rings is 2. The van der Waals surface area contributed by atoms with Crippen LogP contribution < -0.4 is 4.74 Å². The summed E-state index contributed by atoms with van der Waals surface area (Å²) >= 11 is 6.63. The largest absolute Gasteiger partial charge is 0.443 e. The molecule has 50 heavy (non-hydrogen) atoms. The van der Waals surface area contributed by atoms with Crippen LogP contribution in [-0.4, -0.2) is 96.8 Å². The molecule has 0 saturated carbocycles. The number of aromatic nitrogens is 5. The molecule has 254 valence electrons. The summed E-state index contributed by atoms with van der Waals surface area (Å²) in [7, 11) is 1.88. The topological polar surface area (TPSA) is 100 Å². The van der Waals surface area contributed by atoms with Crippen LogP contribution >= 0.6 is 11.6 Å². The first kappa shape index (κ1) is 32.3. The zero-order valence-corrected chi connectivity index (χ0v) is 28.6. The summed E-state index contributed by atoms with van der Waals surface area (Å²) in [6.07, 6.45) is 15.3. The van der Waals surface area contributed by atoms with Crippen LogP contribution in [0.5, 0.6) is 6.01 Å². The van der Waals surface area contributed by atoms with Crippen molar-refractivity contribution in [2.45, 2.75) is 37.6 Å². The number of hydrogen-bond acceptors (Lipinski definition) is 8. The summed E-state index contributed by atoms with van der Waals surface area (Å²) in [5, 5.41) is 2.60. The Hall–Kier alpha value is -4.87. The monoisotopic (exact) mass is 691 g/mol. The van der Waals surface area contributed by atoms with Crippen molar-refractivity contribution in [3.8, 4) is 17.3 Å². The average Bonchev–Trinajstić information content (AvgIpc) is 3.87. The van der Waals surface area contributed by atoms with Crippen molar-refractivity contribution in [1.29, 1.82) is 0 Å². The Balaban J connectivity index is 1.14. The Labute approximate surface area is 294 Å². The quantitative estimate of drug-likeness (QED) is 0.106. The van der Waals surface area contributed by atoms with Gasteiger partial charge in [-0.05, 0) is 68.8 Å². The van der Waals surface area contributed by atoms with E-state index >= 15 is 4.39 Å². The van der Waals surface area contributed by atoms with Gasteiger partial charge in [0.05, 0.1) is 18.8 Å². The predicted molar refractivity (Wildman–Crippen MR) is 191 cm³/mol. The lowest BCUT2D eigenvalue weighted by Gasteiger charge is -2.30. The van der Waals surface area contributed by atoms with Crippen molar-refractivity contribution in [2.75, 3.05) is 39.8 Å². The second kappa shape index (κ2) is 13.4. The molecule has 0 spiro atoms. The first-order valence-corrected chi connectivity index (χ1v) is 17.5. The van der Waals surface area contributed by atoms with Gasteiger partial charge in [-0.3, -0.25) is 14.7 Å². The summed E-state index contributed by atoms with van der Waals surface area (Å²) < 4.78 is 25.1. The molecule has 1 amide bonds. The summed E-state index contributed by atoms with van der Waals surface area (Å²) in [6.45, 7) is 3.73. The summed E-state index contributed by atoms with van der Waals surface area (Å²) in [5.41, 5.74) is 0.848. The summed E-state index contributed by atoms with van der Waals surface area (Å²) in [4.78, 5) is 39.7. The number of likely N-dealkylation sites (tertiary alicyclic amines) is 1. The third kappa shape index (κ3) is 6.09. The van der Waals surface area contributed by atoms with Gasteiger partial charge in [0.1, 0.15) is 23.2 Å². The molecule has 0 N–H and O–H groups in total. The van der Waals surface area contributed by atoms with Gasteiger partial charge >= 0.3 is 11.8 Å². The molecule has 8 rings (SSSR count). The van der Waals surface area contributed by atoms with Crippen molar-refractivity contribution >= 4 is 57.3 Å². The minimum atomic E-state index is -0.565. The van der Waals surface area contributed by atoms with Gasteiger partial charge in [0.25, 0.3) is 0 Å². The number of rotatable bonds is 8. The van der Waals surface area contributed by atoms with E-state index in [0.717, 1.165) is 56.0 Å². The van der Waals surface area contributed by atoms with Crippen LogP contribution in [0.4, 0.5) is 10.2 Å². The Bertz CT molecular complexity index is 2150. The highest BCUT2D eigenvalue weighted by atomic mass is 35.5. The van der Waals surface area contributed by atoms with E-state index in [0.29, 0.717) is 47.3 Å². The Morgan fingerprint density at radius 3 is 2.64 bits per heavy atom. The molecule has 6 heterocycles. The van der Waals surface area contributed by atoms with Crippen molar-refractivity contribution in [3.63, 3.8) is 0 Å². The van der Waals surface area contributed by atoms with Gasteiger partial charge in [0.2, 0.25) is 5.91 Å². The van der Waals surface area contributed by atoms with Crippen molar-refractivity contribution < 1.29 is 18.5 Å². The molecule has 3 aliphatic heterocycles. The highest BCUT2D eigenvalue weighted by Crippen LogP contribution is 2.40. The number of nitrogens with zero attached hydrogens (tertiary/aromatic N) is 8. The van der Waals surface area contributed by atoms with E-state index in [-0.39, 0.29) is 34.6 Å². The highest BCUT2D eigenvalue weighted by molar-refractivity contribution is 6.36. The number of halogens is 2. The molecule has 5 aromatic rings. The molecule has 2 aromatic carbocycles. The van der Waals surface area contributed by atoms with E-state index < -0.39 is 5.82 Å². The van der Waals surface area contributed by atoms with Crippen molar-refractivity contribution in [3.05, 3.63) is 83.8 Å². The van der Waals surface area contributed by atoms with E-state index in [9.17, 15) is 4.79 Å². The van der Waals surface area contributed by atoms with Crippen LogP contribution in [0.1, 0.15) is 37.9 Å². The van der Waals surface area contributed by atoms with Gasteiger partial charge in [-0.2, -0.15) is 4.98 Å². The van der Waals surface area contributed by atoms with Gasteiger partial charge in [-0.25, -0.2) is 18.9 Å². The van der Waals surface area contributed by atoms with E-state index in [2.05, 4.69) is 24.8 Å². The molecule has 3 saturated heterocycles. The number of pyridine rings is 1. The normalized spacial score (nSPS) is 19.2. The molecule has 0 aliphatic carbocycles. The maximum absolute atomic E-state index is 16.8. The fourth-order valence-corrected chi connectivity index (χ4v) is 8.12. The van der Waals surface area contributed by atoms with Gasteiger partial charge in [0.15, 0.2) is 11.6 Å². The number of hydrogen-bond donors (Lipinski definition) is 0. The van der Waals surface area contributed by atoms with Gasteiger partial charge < -0.3 is 9.64 Å². The van der Waals surface area contributed by atoms with Crippen LogP contribution in [0.25, 0.3) is 39.0 Å². The van der Waals surface area contributed by atoms with E-state index in [4.69, 9.17) is 21.3 Å². The van der Waals surface area contributed by atoms with E-state index in [1.165, 1.54) is 6.08 Å². The maximum Gasteiger partial charge on any atom is 0.434 e. The Morgan fingerprint density at radius 2 is 1.84 bits per heavy atom. The lowest BCUT2D eigenvalue weighted by atomic mass is 9.95. The molecule has 3 aromatic heterocycles. The SMILES string of the molecule is C/[N+](=C/C1CCN(C(=O)/C=C/c2ncccn2)C1)c1nc(OCC23CCCN2CCC3)nc2c(F)c(-c3cccc4cccc(Cl)c34)ncc12. The lowest BCUT2D eigenvalue weighted by molar-refractivity contribution is -0.405. The minimum absolute atomic E-state index is 0.0287. The smallest absolute Gasteiger partial charge is 0.434 e. The third-order valence-corrected chi connectivity index (χ3v) is 10.6. The van der Waals surface area contributed by atoms with Gasteiger partial charge in [-0.15, -0.1) is 0 Å². The number of ether oxygens (including phenoxy) is 1. The first-order chi connectivity index (χ1) is 24.4. The van der Waals surface area contributed by atoms with Crippen molar-refractivity contribution in [2.24, 2.45) is 5.92 Å². The molecule has 3 fully saturated rings. The molecule has 1 atom stereocenters. The highest BCUT2D eigenvalue weighted by Gasteiger charge is 2.45. The average molecular weight is 692 g/mol. The lowest BCUT2D eigenvalue weighted by Crippen LogP contribution is -2.43. The zero-order chi connectivity index (χ0) is 34.2. The molecule has 0 bridgehead atoms. The molecule has 12 heteroatoms. The summed E-state index contributed by atoms with van der Waals surface area (Å²) in [6, 6.07) is 13.1. The Morgan fingerprint density at radius 1 is 1.06 bits per heavy atom. The predicted octanol–water partition coefficient (Wildman–Crippen LogP) is 6.34. The second-order valence-electron chi connectivity index (χ2n) is 13.4. The first-order valence-electron chi connectivity index (χ1n) is 17.1. The second-order valence-corrected chi connectivity index (χ2v) is 13.8. The maximum atomic E-state index is 16.8. The molecular weight excluding hydrogens is 655 g/mol. The fourth-order valence-electron chi connectivity index (χ4n) is 7.84. The molecular formula is C38H37ClFN8O2+. The Kier molecular flexibility index (Phi) is 8.70. The van der Waals surface area contributed by atoms with Crippen LogP contribution in [-0.2, 0) is 4.79 Å². The van der Waals surface area contributed by atoms with E-state index in [1.807, 2.05) is 48.2 Å². The third-order valence-electron chi connectivity index (χ3n) is 10.3. The molecule has 0 radical (unpaired) electrons. The van der Waals surface area contributed by atoms with Gasteiger partial charge in [0, 0.05) is 64.6 Å². The molecule has 10 nitrogen and oxygen atoms in total. The fraction of sp³-hybridized carbons (Fsp3) is 0.342. The summed E-state index contributed by atoms with van der Waals surface area (Å²) in [5.74, 6) is 0.359. The number of carbonyl (C=O) groups is 1. The van der Waals surface area contributed by atoms with Crippen LogP contribution in [0.2, 0.25) is 5.02 Å². The van der Waals surface area contributed by atoms with Gasteiger partial charge in [-0.1, -0.05) is 41.9 Å². The van der Waals surface area contributed by atoms with Crippen LogP contribution in [0.3, 0.4) is 0 Å². The number of carbonyl (C=O) groups excluding carboxylic acids is 1.